The van der Waals surface area contributed by atoms with Gasteiger partial charge in [-0.3, -0.25) is 4.18 Å². The predicted octanol–water partition coefficient (Wildman–Crippen LogP) is 4.14. The molecular weight excluding hydrogens is 317 g/mol. The second-order valence-corrected chi connectivity index (χ2v) is 7.16. The van der Waals surface area contributed by atoms with E-state index in [4.69, 9.17) is 0 Å². The average molecular weight is 336 g/mol. The van der Waals surface area contributed by atoms with Crippen molar-refractivity contribution in [2.75, 3.05) is 6.61 Å². The first-order valence-corrected chi connectivity index (χ1v) is 8.75. The summed E-state index contributed by atoms with van der Waals surface area (Å²) in [7, 11) is -5.47. The lowest BCUT2D eigenvalue weighted by molar-refractivity contribution is -0.0542. The van der Waals surface area contributed by atoms with E-state index in [1.807, 2.05) is 12.1 Å². The monoisotopic (exact) mass is 336 g/mol. The second-order valence-electron chi connectivity index (χ2n) is 5.55. The minimum Gasteiger partial charge on any atom is -0.263 e. The van der Waals surface area contributed by atoms with E-state index in [0.29, 0.717) is 12.3 Å². The van der Waals surface area contributed by atoms with Crippen LogP contribution in [0.15, 0.2) is 24.3 Å². The van der Waals surface area contributed by atoms with Crippen molar-refractivity contribution in [2.24, 2.45) is 0 Å². The average Bonchev–Trinajstić information content (AvgIpc) is 2.97. The maximum atomic E-state index is 12.1. The summed E-state index contributed by atoms with van der Waals surface area (Å²) in [5.41, 5.74) is -3.08. The largest absolute Gasteiger partial charge is 0.523 e. The SMILES string of the molecule is O=S(=O)(OCCCc1ccc(C2CCCC2)cc1)C(F)(F)F. The van der Waals surface area contributed by atoms with Gasteiger partial charge in [-0.2, -0.15) is 21.6 Å². The molecule has 0 spiro atoms. The summed E-state index contributed by atoms with van der Waals surface area (Å²) < 4.78 is 61.6. The van der Waals surface area contributed by atoms with Gasteiger partial charge in [0, 0.05) is 0 Å². The molecule has 1 saturated carbocycles. The Morgan fingerprint density at radius 1 is 1.09 bits per heavy atom. The first kappa shape index (κ1) is 17.3. The minimum atomic E-state index is -5.47. The van der Waals surface area contributed by atoms with Crippen LogP contribution in [0.5, 0.6) is 0 Å². The Balaban J connectivity index is 1.78. The van der Waals surface area contributed by atoms with Gasteiger partial charge >= 0.3 is 15.6 Å². The van der Waals surface area contributed by atoms with Crippen molar-refractivity contribution < 1.29 is 25.8 Å². The highest BCUT2D eigenvalue weighted by molar-refractivity contribution is 7.87. The Kier molecular flexibility index (Phi) is 5.50. The first-order chi connectivity index (χ1) is 10.3. The van der Waals surface area contributed by atoms with Crippen molar-refractivity contribution in [1.29, 1.82) is 0 Å². The van der Waals surface area contributed by atoms with Gasteiger partial charge in [0.25, 0.3) is 0 Å². The fourth-order valence-electron chi connectivity index (χ4n) is 2.73. The Bertz CT molecular complexity index is 573. The van der Waals surface area contributed by atoms with E-state index >= 15 is 0 Å². The number of hydrogen-bond acceptors (Lipinski definition) is 3. The fourth-order valence-corrected chi connectivity index (χ4v) is 3.20. The van der Waals surface area contributed by atoms with Crippen LogP contribution in [0.1, 0.15) is 49.1 Å². The molecule has 7 heteroatoms. The fraction of sp³-hybridized carbons (Fsp3) is 0.600. The van der Waals surface area contributed by atoms with Gasteiger partial charge in [0.1, 0.15) is 0 Å². The summed E-state index contributed by atoms with van der Waals surface area (Å²) in [6.07, 6.45) is 5.65. The molecule has 1 aromatic carbocycles. The van der Waals surface area contributed by atoms with Gasteiger partial charge in [-0.1, -0.05) is 37.1 Å². The van der Waals surface area contributed by atoms with Gasteiger partial charge in [-0.05, 0) is 42.7 Å². The van der Waals surface area contributed by atoms with Gasteiger partial charge in [-0.15, -0.1) is 0 Å². The number of halogens is 3. The molecule has 0 saturated heterocycles. The van der Waals surface area contributed by atoms with Crippen molar-refractivity contribution in [3.63, 3.8) is 0 Å². The van der Waals surface area contributed by atoms with Gasteiger partial charge in [-0.25, -0.2) is 0 Å². The van der Waals surface area contributed by atoms with Crippen LogP contribution in [-0.2, 0) is 20.7 Å². The molecule has 0 amide bonds. The van der Waals surface area contributed by atoms with Crippen LogP contribution in [0.3, 0.4) is 0 Å². The number of hydrogen-bond donors (Lipinski definition) is 0. The van der Waals surface area contributed by atoms with Crippen molar-refractivity contribution in [3.05, 3.63) is 35.4 Å². The summed E-state index contributed by atoms with van der Waals surface area (Å²) in [5, 5.41) is 0. The smallest absolute Gasteiger partial charge is 0.263 e. The maximum absolute atomic E-state index is 12.1. The Morgan fingerprint density at radius 2 is 1.68 bits per heavy atom. The molecule has 0 radical (unpaired) electrons. The zero-order chi connectivity index (χ0) is 16.2. The lowest BCUT2D eigenvalue weighted by Gasteiger charge is -2.10. The summed E-state index contributed by atoms with van der Waals surface area (Å²) in [5.74, 6) is 0.620. The highest BCUT2D eigenvalue weighted by Crippen LogP contribution is 2.34. The summed E-state index contributed by atoms with van der Waals surface area (Å²) in [4.78, 5) is 0. The maximum Gasteiger partial charge on any atom is 0.523 e. The summed E-state index contributed by atoms with van der Waals surface area (Å²) >= 11 is 0. The van der Waals surface area contributed by atoms with Crippen molar-refractivity contribution in [3.8, 4) is 0 Å². The third kappa shape index (κ3) is 4.46. The van der Waals surface area contributed by atoms with Crippen LogP contribution >= 0.6 is 0 Å². The van der Waals surface area contributed by atoms with Crippen LogP contribution in [0, 0.1) is 0 Å². The molecule has 0 unspecified atom stereocenters. The molecule has 124 valence electrons. The van der Waals surface area contributed by atoms with Gasteiger partial charge in [0.2, 0.25) is 0 Å². The van der Waals surface area contributed by atoms with Crippen molar-refractivity contribution in [1.82, 2.24) is 0 Å². The van der Waals surface area contributed by atoms with E-state index in [0.717, 1.165) is 5.56 Å². The van der Waals surface area contributed by atoms with Gasteiger partial charge in [0.05, 0.1) is 6.61 Å². The highest BCUT2D eigenvalue weighted by atomic mass is 32.2. The molecule has 1 aliphatic carbocycles. The summed E-state index contributed by atoms with van der Waals surface area (Å²) in [6, 6.07) is 8.01. The molecule has 0 bridgehead atoms. The normalized spacial score (nSPS) is 17.0. The molecule has 0 N–H and O–H groups in total. The predicted molar refractivity (Wildman–Crippen MR) is 76.9 cm³/mol. The second kappa shape index (κ2) is 7.00. The molecule has 22 heavy (non-hydrogen) atoms. The topological polar surface area (TPSA) is 43.4 Å². The van der Waals surface area contributed by atoms with Crippen molar-refractivity contribution in [2.45, 2.75) is 50.0 Å². The van der Waals surface area contributed by atoms with Crippen LogP contribution in [0.25, 0.3) is 0 Å². The quantitative estimate of drug-likeness (QED) is 0.445. The zero-order valence-electron chi connectivity index (χ0n) is 12.1. The van der Waals surface area contributed by atoms with Crippen LogP contribution in [-0.4, -0.2) is 20.5 Å². The zero-order valence-corrected chi connectivity index (χ0v) is 12.9. The Morgan fingerprint density at radius 3 is 2.23 bits per heavy atom. The number of rotatable bonds is 6. The molecular formula is C15H19F3O3S. The molecule has 1 aromatic rings. The molecule has 0 atom stereocenters. The molecule has 0 heterocycles. The number of aryl methyl sites for hydroxylation is 1. The molecule has 3 nitrogen and oxygen atoms in total. The van der Waals surface area contributed by atoms with E-state index < -0.39 is 22.2 Å². The first-order valence-electron chi connectivity index (χ1n) is 7.34. The third-order valence-corrected chi connectivity index (χ3v) is 4.98. The molecule has 0 aromatic heterocycles. The van der Waals surface area contributed by atoms with Crippen LogP contribution in [0.4, 0.5) is 13.2 Å². The lowest BCUT2D eigenvalue weighted by Crippen LogP contribution is -2.25. The van der Waals surface area contributed by atoms with E-state index in [1.165, 1.54) is 31.2 Å². The molecule has 1 aliphatic rings. The minimum absolute atomic E-state index is 0.220. The number of alkyl halides is 3. The van der Waals surface area contributed by atoms with Crippen LogP contribution < -0.4 is 0 Å². The molecule has 0 aliphatic heterocycles. The summed E-state index contributed by atoms with van der Waals surface area (Å²) in [6.45, 7) is -0.466. The van der Waals surface area contributed by atoms with E-state index in [2.05, 4.69) is 16.3 Å². The Hall–Kier alpha value is -1.08. The van der Waals surface area contributed by atoms with E-state index in [-0.39, 0.29) is 6.42 Å². The third-order valence-electron chi connectivity index (χ3n) is 3.94. The lowest BCUT2D eigenvalue weighted by atomic mass is 9.96. The van der Waals surface area contributed by atoms with Crippen molar-refractivity contribution >= 4 is 10.1 Å². The Labute approximate surface area is 128 Å². The molecule has 1 fully saturated rings. The highest BCUT2D eigenvalue weighted by Gasteiger charge is 2.47. The van der Waals surface area contributed by atoms with E-state index in [1.54, 1.807) is 0 Å². The van der Waals surface area contributed by atoms with Gasteiger partial charge < -0.3 is 0 Å². The standard InChI is InChI=1S/C15H19F3O3S/c16-15(17,18)22(19,20)21-11-3-4-12-7-9-14(10-8-12)13-5-1-2-6-13/h7-10,13H,1-6,11H2. The van der Waals surface area contributed by atoms with E-state index in [9.17, 15) is 21.6 Å². The van der Waals surface area contributed by atoms with Gasteiger partial charge in [0.15, 0.2) is 0 Å². The molecule has 2 rings (SSSR count). The van der Waals surface area contributed by atoms with Crippen LogP contribution in [0.2, 0.25) is 0 Å². The number of benzene rings is 1.